The number of aromatic nitrogens is 2. The monoisotopic (exact) mass is 321 g/mol. The maximum atomic E-state index is 12.6. The number of fused-ring (bicyclic) bond motifs is 2. The zero-order chi connectivity index (χ0) is 16.7. The number of carbonyl (C=O) groups is 1. The van der Waals surface area contributed by atoms with Crippen molar-refractivity contribution in [2.24, 2.45) is 0 Å². The van der Waals surface area contributed by atoms with E-state index in [-0.39, 0.29) is 12.5 Å². The molecule has 1 atom stereocenters. The molecule has 5 heteroatoms. The first kappa shape index (κ1) is 14.9. The molecule has 0 bridgehead atoms. The third-order valence-electron chi connectivity index (χ3n) is 4.81. The van der Waals surface area contributed by atoms with Crippen LogP contribution in [0.3, 0.4) is 0 Å². The molecule has 0 saturated carbocycles. The maximum Gasteiger partial charge on any atom is 0.253 e. The number of nitrogens with zero attached hydrogens (tertiary/aromatic N) is 1. The van der Waals surface area contributed by atoms with Gasteiger partial charge in [-0.05, 0) is 48.6 Å². The van der Waals surface area contributed by atoms with E-state index in [0.29, 0.717) is 12.0 Å². The van der Waals surface area contributed by atoms with Gasteiger partial charge in [0.2, 0.25) is 0 Å². The van der Waals surface area contributed by atoms with E-state index < -0.39 is 5.60 Å². The molecule has 0 spiro atoms. The van der Waals surface area contributed by atoms with Crippen LogP contribution >= 0.6 is 0 Å². The molecule has 4 rings (SSSR count). The molecule has 1 unspecified atom stereocenters. The lowest BCUT2D eigenvalue weighted by atomic mass is 9.96. The first-order valence-electron chi connectivity index (χ1n) is 8.09. The van der Waals surface area contributed by atoms with Gasteiger partial charge in [0, 0.05) is 5.39 Å². The second-order valence-corrected chi connectivity index (χ2v) is 6.52. The summed E-state index contributed by atoms with van der Waals surface area (Å²) in [6.45, 7) is 2.15. The fourth-order valence-electron chi connectivity index (χ4n) is 3.56. The number of hydrogen-bond donors (Lipinski definition) is 3. The molecule has 3 N–H and O–H groups in total. The highest BCUT2D eigenvalue weighted by molar-refractivity contribution is 6.05. The van der Waals surface area contributed by atoms with Crippen LogP contribution in [0.4, 0.5) is 0 Å². The third kappa shape index (κ3) is 2.37. The minimum absolute atomic E-state index is 0.201. The van der Waals surface area contributed by atoms with Crippen LogP contribution in [0.2, 0.25) is 0 Å². The number of hydrogen-bond acceptors (Lipinski definition) is 3. The van der Waals surface area contributed by atoms with Crippen molar-refractivity contribution in [3.63, 3.8) is 0 Å². The van der Waals surface area contributed by atoms with Gasteiger partial charge in [-0.25, -0.2) is 0 Å². The van der Waals surface area contributed by atoms with Crippen LogP contribution in [0.5, 0.6) is 0 Å². The highest BCUT2D eigenvalue weighted by atomic mass is 16.3. The van der Waals surface area contributed by atoms with Gasteiger partial charge in [0.1, 0.15) is 5.60 Å². The molecule has 3 aromatic rings. The Hall–Kier alpha value is -2.66. The molecular weight excluding hydrogens is 302 g/mol. The van der Waals surface area contributed by atoms with Gasteiger partial charge in [-0.2, -0.15) is 5.10 Å². The molecule has 2 aromatic carbocycles. The van der Waals surface area contributed by atoms with Crippen LogP contribution in [0, 0.1) is 6.92 Å². The Labute approximate surface area is 139 Å². The number of amides is 1. The molecule has 0 saturated heterocycles. The first-order valence-corrected chi connectivity index (χ1v) is 8.09. The summed E-state index contributed by atoms with van der Waals surface area (Å²) in [5.74, 6) is -0.203. The van der Waals surface area contributed by atoms with Crippen LogP contribution in [0.15, 0.2) is 42.6 Å². The Morgan fingerprint density at radius 3 is 3.08 bits per heavy atom. The number of benzene rings is 2. The van der Waals surface area contributed by atoms with E-state index in [1.807, 2.05) is 43.3 Å². The summed E-state index contributed by atoms with van der Waals surface area (Å²) in [6, 6.07) is 11.7. The summed E-state index contributed by atoms with van der Waals surface area (Å²) in [4.78, 5) is 12.6. The van der Waals surface area contributed by atoms with Gasteiger partial charge in [0.25, 0.3) is 5.91 Å². The van der Waals surface area contributed by atoms with E-state index in [9.17, 15) is 9.90 Å². The number of rotatable bonds is 3. The third-order valence-corrected chi connectivity index (χ3v) is 4.81. The average molecular weight is 321 g/mol. The Morgan fingerprint density at radius 2 is 2.21 bits per heavy atom. The average Bonchev–Trinajstić information content (AvgIpc) is 3.18. The number of aryl methyl sites for hydroxylation is 2. The summed E-state index contributed by atoms with van der Waals surface area (Å²) in [6.07, 6.45) is 3.16. The van der Waals surface area contributed by atoms with Crippen molar-refractivity contribution >= 4 is 16.8 Å². The van der Waals surface area contributed by atoms with E-state index in [1.165, 1.54) is 0 Å². The standard InChI is InChI=1S/C19H19N3O2/c1-12-8-14-10-21-22-17(14)15(9-12)18(23)20-11-19(24)7-6-13-4-2-3-5-16(13)19/h2-5,8-10,24H,6-7,11H2,1H3,(H,20,23)(H,21,22). The molecule has 0 radical (unpaired) electrons. The largest absolute Gasteiger partial charge is 0.383 e. The van der Waals surface area contributed by atoms with E-state index in [4.69, 9.17) is 0 Å². The zero-order valence-electron chi connectivity index (χ0n) is 13.5. The van der Waals surface area contributed by atoms with Crippen molar-refractivity contribution in [3.8, 4) is 0 Å². The quantitative estimate of drug-likeness (QED) is 0.693. The molecule has 0 fully saturated rings. The Bertz CT molecular complexity index is 931. The minimum Gasteiger partial charge on any atom is -0.383 e. The van der Waals surface area contributed by atoms with E-state index >= 15 is 0 Å². The van der Waals surface area contributed by atoms with Crippen LogP contribution in [0.25, 0.3) is 10.9 Å². The van der Waals surface area contributed by atoms with E-state index in [1.54, 1.807) is 6.20 Å². The molecule has 1 aliphatic carbocycles. The maximum absolute atomic E-state index is 12.6. The smallest absolute Gasteiger partial charge is 0.253 e. The molecule has 1 aromatic heterocycles. The normalized spacial score (nSPS) is 19.4. The van der Waals surface area contributed by atoms with Gasteiger partial charge in [-0.1, -0.05) is 24.3 Å². The van der Waals surface area contributed by atoms with Crippen molar-refractivity contribution in [1.29, 1.82) is 0 Å². The molecule has 122 valence electrons. The van der Waals surface area contributed by atoms with Crippen molar-refractivity contribution < 1.29 is 9.90 Å². The van der Waals surface area contributed by atoms with Gasteiger partial charge in [-0.15, -0.1) is 0 Å². The van der Waals surface area contributed by atoms with Gasteiger partial charge < -0.3 is 10.4 Å². The number of H-pyrrole nitrogens is 1. The van der Waals surface area contributed by atoms with E-state index in [2.05, 4.69) is 15.5 Å². The predicted octanol–water partition coefficient (Wildman–Crippen LogP) is 2.44. The summed E-state index contributed by atoms with van der Waals surface area (Å²) in [7, 11) is 0. The Balaban J connectivity index is 1.58. The van der Waals surface area contributed by atoms with Crippen LogP contribution in [-0.4, -0.2) is 27.8 Å². The topological polar surface area (TPSA) is 78.0 Å². The van der Waals surface area contributed by atoms with Gasteiger partial charge in [0.05, 0.1) is 23.8 Å². The number of aliphatic hydroxyl groups is 1. The lowest BCUT2D eigenvalue weighted by molar-refractivity contribution is 0.0370. The van der Waals surface area contributed by atoms with Gasteiger partial charge in [-0.3, -0.25) is 9.89 Å². The van der Waals surface area contributed by atoms with Crippen molar-refractivity contribution in [2.75, 3.05) is 6.54 Å². The van der Waals surface area contributed by atoms with Crippen LogP contribution in [-0.2, 0) is 12.0 Å². The second kappa shape index (κ2) is 5.46. The van der Waals surface area contributed by atoms with E-state index in [0.717, 1.165) is 34.0 Å². The predicted molar refractivity (Wildman–Crippen MR) is 91.8 cm³/mol. The van der Waals surface area contributed by atoms with Gasteiger partial charge >= 0.3 is 0 Å². The number of nitrogens with one attached hydrogen (secondary N) is 2. The molecule has 1 heterocycles. The Kier molecular flexibility index (Phi) is 3.39. The molecule has 1 aliphatic rings. The van der Waals surface area contributed by atoms with Crippen molar-refractivity contribution in [2.45, 2.75) is 25.4 Å². The molecule has 1 amide bonds. The summed E-state index contributed by atoms with van der Waals surface area (Å²) < 4.78 is 0. The fourth-order valence-corrected chi connectivity index (χ4v) is 3.56. The summed E-state index contributed by atoms with van der Waals surface area (Å²) >= 11 is 0. The highest BCUT2D eigenvalue weighted by Crippen LogP contribution is 2.36. The van der Waals surface area contributed by atoms with Crippen molar-refractivity contribution in [3.05, 3.63) is 64.8 Å². The van der Waals surface area contributed by atoms with Crippen molar-refractivity contribution in [1.82, 2.24) is 15.5 Å². The SMILES string of the molecule is Cc1cc(C(=O)NCC2(O)CCc3ccccc32)c2[nH]ncc2c1. The highest BCUT2D eigenvalue weighted by Gasteiger charge is 2.36. The summed E-state index contributed by atoms with van der Waals surface area (Å²) in [5, 5.41) is 21.6. The number of aromatic amines is 1. The van der Waals surface area contributed by atoms with Crippen LogP contribution in [0.1, 0.15) is 33.5 Å². The lowest BCUT2D eigenvalue weighted by Gasteiger charge is -2.24. The molecule has 24 heavy (non-hydrogen) atoms. The summed E-state index contributed by atoms with van der Waals surface area (Å²) in [5.41, 5.74) is 3.35. The molecule has 5 nitrogen and oxygen atoms in total. The van der Waals surface area contributed by atoms with Gasteiger partial charge in [0.15, 0.2) is 0 Å². The Morgan fingerprint density at radius 1 is 1.38 bits per heavy atom. The van der Waals surface area contributed by atoms with Crippen LogP contribution < -0.4 is 5.32 Å². The molecule has 0 aliphatic heterocycles. The second-order valence-electron chi connectivity index (χ2n) is 6.52. The minimum atomic E-state index is -0.997. The molecular formula is C19H19N3O2. The number of carbonyl (C=O) groups excluding carboxylic acids is 1. The zero-order valence-corrected chi connectivity index (χ0v) is 13.5. The first-order chi connectivity index (χ1) is 11.6. The lowest BCUT2D eigenvalue weighted by Crippen LogP contribution is -2.39. The fraction of sp³-hybridized carbons (Fsp3) is 0.263.